The van der Waals surface area contributed by atoms with Crippen molar-refractivity contribution in [2.45, 2.75) is 19.8 Å². The Bertz CT molecular complexity index is 240. The lowest BCUT2D eigenvalue weighted by molar-refractivity contribution is 0.594. The van der Waals surface area contributed by atoms with Gasteiger partial charge in [-0.15, -0.1) is 0 Å². The first-order valence-corrected chi connectivity index (χ1v) is 3.98. The normalized spacial score (nSPS) is 12.8. The van der Waals surface area contributed by atoms with Crippen LogP contribution in [0.25, 0.3) is 0 Å². The molecule has 0 aliphatic heterocycles. The molecule has 4 N–H and O–H groups in total. The summed E-state index contributed by atoms with van der Waals surface area (Å²) in [7, 11) is 0. The van der Waals surface area contributed by atoms with Gasteiger partial charge in [0.05, 0.1) is 12.2 Å². The van der Waals surface area contributed by atoms with Gasteiger partial charge in [0.25, 0.3) is 0 Å². The van der Waals surface area contributed by atoms with E-state index in [9.17, 15) is 0 Å². The quantitative estimate of drug-likeness (QED) is 0.459. The van der Waals surface area contributed by atoms with E-state index in [0.29, 0.717) is 12.3 Å². The van der Waals surface area contributed by atoms with Crippen LogP contribution in [0.3, 0.4) is 0 Å². The predicted molar refractivity (Wildman–Crippen MR) is 48.0 cm³/mol. The van der Waals surface area contributed by atoms with E-state index in [0.717, 1.165) is 12.1 Å². The molecule has 0 radical (unpaired) electrons. The van der Waals surface area contributed by atoms with Crippen LogP contribution in [0.2, 0.25) is 0 Å². The van der Waals surface area contributed by atoms with Gasteiger partial charge in [-0.2, -0.15) is 0 Å². The van der Waals surface area contributed by atoms with E-state index < -0.39 is 0 Å². The van der Waals surface area contributed by atoms with Gasteiger partial charge in [0.1, 0.15) is 0 Å². The number of hydrogen-bond acceptors (Lipinski definition) is 2. The maximum Gasteiger partial charge on any atom is 0.0921 e. The summed E-state index contributed by atoms with van der Waals surface area (Å²) in [5.74, 6) is 0.657. The molecule has 0 saturated carbocycles. The molecule has 1 heterocycles. The molecule has 4 heteroatoms. The summed E-state index contributed by atoms with van der Waals surface area (Å²) >= 11 is 0. The van der Waals surface area contributed by atoms with E-state index in [4.69, 9.17) is 11.1 Å². The molecule has 0 saturated heterocycles. The molecule has 0 bridgehead atoms. The molecule has 0 aliphatic rings. The number of aromatic amines is 1. The van der Waals surface area contributed by atoms with E-state index in [2.05, 4.69) is 16.9 Å². The summed E-state index contributed by atoms with van der Waals surface area (Å²) in [5.41, 5.74) is 6.38. The second-order valence-corrected chi connectivity index (χ2v) is 3.12. The highest BCUT2D eigenvalue weighted by Gasteiger charge is 2.05. The summed E-state index contributed by atoms with van der Waals surface area (Å²) in [6.07, 6.45) is 5.02. The van der Waals surface area contributed by atoms with Crippen molar-refractivity contribution in [2.75, 3.05) is 0 Å². The molecular weight excluding hydrogens is 152 g/mol. The molecule has 66 valence electrons. The minimum Gasteiger partial charge on any atom is -0.388 e. The van der Waals surface area contributed by atoms with Crippen molar-refractivity contribution in [1.29, 1.82) is 5.41 Å². The molecule has 0 amide bonds. The molecular formula is C8H14N4. The van der Waals surface area contributed by atoms with E-state index in [1.165, 1.54) is 0 Å². The summed E-state index contributed by atoms with van der Waals surface area (Å²) < 4.78 is 0. The van der Waals surface area contributed by atoms with Gasteiger partial charge >= 0.3 is 0 Å². The van der Waals surface area contributed by atoms with Crippen molar-refractivity contribution in [3.05, 3.63) is 18.2 Å². The minimum absolute atomic E-state index is 0.252. The highest BCUT2D eigenvalue weighted by Crippen LogP contribution is 2.08. The average molecular weight is 166 g/mol. The molecule has 4 nitrogen and oxygen atoms in total. The van der Waals surface area contributed by atoms with Gasteiger partial charge in [-0.05, 0) is 12.3 Å². The first kappa shape index (κ1) is 8.77. The molecule has 1 rings (SSSR count). The van der Waals surface area contributed by atoms with E-state index in [1.807, 2.05) is 0 Å². The molecule has 1 aromatic heterocycles. The van der Waals surface area contributed by atoms with Gasteiger partial charge in [0.2, 0.25) is 0 Å². The van der Waals surface area contributed by atoms with Crippen molar-refractivity contribution in [3.8, 4) is 0 Å². The smallest absolute Gasteiger partial charge is 0.0921 e. The zero-order chi connectivity index (χ0) is 8.97. The Hall–Kier alpha value is -1.32. The number of H-pyrrole nitrogens is 1. The molecule has 1 aromatic rings. The lowest BCUT2D eigenvalue weighted by Crippen LogP contribution is -2.15. The van der Waals surface area contributed by atoms with Gasteiger partial charge in [0, 0.05) is 18.3 Å². The molecule has 12 heavy (non-hydrogen) atoms. The fourth-order valence-electron chi connectivity index (χ4n) is 1.22. The van der Waals surface area contributed by atoms with Crippen molar-refractivity contribution in [2.24, 2.45) is 11.7 Å². The zero-order valence-corrected chi connectivity index (χ0v) is 7.17. The third-order valence-corrected chi connectivity index (χ3v) is 1.69. The highest BCUT2D eigenvalue weighted by atomic mass is 14.9. The van der Waals surface area contributed by atoms with Crippen LogP contribution in [-0.4, -0.2) is 15.8 Å². The fraction of sp³-hybridized carbons (Fsp3) is 0.500. The largest absolute Gasteiger partial charge is 0.388 e. The highest BCUT2D eigenvalue weighted by molar-refractivity contribution is 5.77. The van der Waals surface area contributed by atoms with E-state index in [1.54, 1.807) is 12.5 Å². The number of aromatic nitrogens is 2. The molecule has 1 atom stereocenters. The SMILES string of the molecule is CC(CC(=N)N)Cc1cnc[nH]1. The summed E-state index contributed by atoms with van der Waals surface area (Å²) in [5, 5.41) is 7.11. The number of hydrogen-bond donors (Lipinski definition) is 3. The Kier molecular flexibility index (Phi) is 2.85. The number of amidine groups is 1. The third-order valence-electron chi connectivity index (χ3n) is 1.69. The monoisotopic (exact) mass is 166 g/mol. The topological polar surface area (TPSA) is 78.6 Å². The predicted octanol–water partition coefficient (Wildman–Crippen LogP) is 0.914. The second-order valence-electron chi connectivity index (χ2n) is 3.12. The van der Waals surface area contributed by atoms with Gasteiger partial charge in [0.15, 0.2) is 0 Å². The number of rotatable bonds is 4. The van der Waals surface area contributed by atoms with Crippen LogP contribution in [0.15, 0.2) is 12.5 Å². The van der Waals surface area contributed by atoms with Crippen molar-refractivity contribution in [3.63, 3.8) is 0 Å². The van der Waals surface area contributed by atoms with E-state index in [-0.39, 0.29) is 5.84 Å². The molecule has 0 spiro atoms. The Morgan fingerprint density at radius 2 is 2.58 bits per heavy atom. The Balaban J connectivity index is 2.36. The molecule has 0 aliphatic carbocycles. The van der Waals surface area contributed by atoms with E-state index >= 15 is 0 Å². The maximum atomic E-state index is 7.11. The average Bonchev–Trinajstić information content (AvgIpc) is 2.37. The lowest BCUT2D eigenvalue weighted by Gasteiger charge is -2.07. The maximum absolute atomic E-state index is 7.11. The van der Waals surface area contributed by atoms with Gasteiger partial charge in [-0.3, -0.25) is 5.41 Å². The van der Waals surface area contributed by atoms with Crippen LogP contribution in [0.1, 0.15) is 19.0 Å². The fourth-order valence-corrected chi connectivity index (χ4v) is 1.22. The minimum atomic E-state index is 0.252. The second kappa shape index (κ2) is 3.90. The first-order valence-electron chi connectivity index (χ1n) is 3.98. The molecule has 0 fully saturated rings. The summed E-state index contributed by atoms with van der Waals surface area (Å²) in [6, 6.07) is 0. The molecule has 0 aromatic carbocycles. The van der Waals surface area contributed by atoms with Gasteiger partial charge in [-0.25, -0.2) is 4.98 Å². The zero-order valence-electron chi connectivity index (χ0n) is 7.17. The van der Waals surface area contributed by atoms with Crippen molar-refractivity contribution < 1.29 is 0 Å². The first-order chi connectivity index (χ1) is 5.68. The Labute approximate surface area is 71.7 Å². The van der Waals surface area contributed by atoms with Crippen LogP contribution in [0.5, 0.6) is 0 Å². The number of nitrogens with one attached hydrogen (secondary N) is 2. The third kappa shape index (κ3) is 2.74. The molecule has 1 unspecified atom stereocenters. The van der Waals surface area contributed by atoms with Crippen LogP contribution >= 0.6 is 0 Å². The lowest BCUT2D eigenvalue weighted by atomic mass is 10.0. The summed E-state index contributed by atoms with van der Waals surface area (Å²) in [4.78, 5) is 6.93. The standard InChI is InChI=1S/C8H14N4/c1-6(3-8(9)10)2-7-4-11-5-12-7/h4-6H,2-3H2,1H3,(H3,9,10)(H,11,12). The van der Waals surface area contributed by atoms with Gasteiger partial charge < -0.3 is 10.7 Å². The number of nitrogens with two attached hydrogens (primary N) is 1. The van der Waals surface area contributed by atoms with Gasteiger partial charge in [-0.1, -0.05) is 6.92 Å². The van der Waals surface area contributed by atoms with Crippen LogP contribution in [-0.2, 0) is 6.42 Å². The van der Waals surface area contributed by atoms with Crippen molar-refractivity contribution >= 4 is 5.84 Å². The Morgan fingerprint density at radius 1 is 1.83 bits per heavy atom. The van der Waals surface area contributed by atoms with Crippen LogP contribution < -0.4 is 5.73 Å². The van der Waals surface area contributed by atoms with Crippen LogP contribution in [0.4, 0.5) is 0 Å². The van der Waals surface area contributed by atoms with Crippen molar-refractivity contribution in [1.82, 2.24) is 9.97 Å². The number of nitrogens with zero attached hydrogens (tertiary/aromatic N) is 1. The number of imidazole rings is 1. The summed E-state index contributed by atoms with van der Waals surface area (Å²) in [6.45, 7) is 2.07. The van der Waals surface area contributed by atoms with Crippen LogP contribution in [0, 0.1) is 11.3 Å². The Morgan fingerprint density at radius 3 is 3.08 bits per heavy atom.